The lowest BCUT2D eigenvalue weighted by Gasteiger charge is -2.35. The zero-order valence-electron chi connectivity index (χ0n) is 11.7. The molecule has 100 valence electrons. The molecule has 0 aliphatic carbocycles. The lowest BCUT2D eigenvalue weighted by molar-refractivity contribution is 0.0556. The first-order valence-corrected chi connectivity index (χ1v) is 6.34. The summed E-state index contributed by atoms with van der Waals surface area (Å²) >= 11 is 0. The lowest BCUT2D eigenvalue weighted by atomic mass is 10.1. The quantitative estimate of drug-likeness (QED) is 0.712. The van der Waals surface area contributed by atoms with E-state index >= 15 is 0 Å². The van der Waals surface area contributed by atoms with Gasteiger partial charge in [-0.25, -0.2) is 9.48 Å². The van der Waals surface area contributed by atoms with Crippen LogP contribution in [-0.2, 0) is 11.3 Å². The van der Waals surface area contributed by atoms with Crippen LogP contribution in [0.3, 0.4) is 0 Å². The van der Waals surface area contributed by atoms with Gasteiger partial charge in [0.25, 0.3) is 0 Å². The average Bonchev–Trinajstić information content (AvgIpc) is 2.58. The van der Waals surface area contributed by atoms with Crippen molar-refractivity contribution in [3.63, 3.8) is 0 Å². The van der Waals surface area contributed by atoms with Crippen molar-refractivity contribution in [1.82, 2.24) is 9.78 Å². The molecule has 0 saturated carbocycles. The monoisotopic (exact) mass is 251 g/mol. The molecule has 1 aliphatic rings. The van der Waals surface area contributed by atoms with E-state index in [0.29, 0.717) is 0 Å². The Labute approximate surface area is 108 Å². The van der Waals surface area contributed by atoms with Gasteiger partial charge in [0.2, 0.25) is 0 Å². The Kier molecular flexibility index (Phi) is 3.09. The van der Waals surface area contributed by atoms with E-state index in [-0.39, 0.29) is 12.1 Å². The Morgan fingerprint density at radius 2 is 2.17 bits per heavy atom. The number of hydrogen-bond donors (Lipinski definition) is 0. The van der Waals surface area contributed by atoms with E-state index in [4.69, 9.17) is 4.74 Å². The smallest absolute Gasteiger partial charge is 0.416 e. The van der Waals surface area contributed by atoms with Crippen molar-refractivity contribution in [2.45, 2.75) is 59.2 Å². The minimum atomic E-state index is -0.479. The van der Waals surface area contributed by atoms with Crippen LogP contribution in [0.2, 0.25) is 0 Å². The van der Waals surface area contributed by atoms with Crippen LogP contribution in [0.1, 0.15) is 39.7 Å². The number of carbonyl (C=O) groups excluding carboxylic acids is 1. The second-order valence-electron chi connectivity index (χ2n) is 5.86. The molecule has 1 unspecified atom stereocenters. The minimum Gasteiger partial charge on any atom is -0.443 e. The zero-order valence-corrected chi connectivity index (χ0v) is 11.7. The van der Waals surface area contributed by atoms with Gasteiger partial charge in [0, 0.05) is 18.2 Å². The summed E-state index contributed by atoms with van der Waals surface area (Å²) in [5.41, 5.74) is 0.528. The Bertz CT molecular complexity index is 459. The van der Waals surface area contributed by atoms with Crippen molar-refractivity contribution < 1.29 is 9.53 Å². The number of aryl methyl sites for hydroxylation is 2. The largest absolute Gasteiger partial charge is 0.443 e. The molecule has 0 spiro atoms. The molecule has 1 aliphatic heterocycles. The Hall–Kier alpha value is -1.52. The fourth-order valence-corrected chi connectivity index (χ4v) is 2.17. The number of fused-ring (bicyclic) bond motifs is 1. The van der Waals surface area contributed by atoms with E-state index in [0.717, 1.165) is 24.3 Å². The number of anilines is 1. The van der Waals surface area contributed by atoms with E-state index in [2.05, 4.69) is 5.10 Å². The molecule has 1 aromatic heterocycles. The molecule has 1 amide bonds. The highest BCUT2D eigenvalue weighted by atomic mass is 16.6. The zero-order chi connectivity index (χ0) is 13.5. The third-order valence-electron chi connectivity index (χ3n) is 3.01. The predicted octanol–water partition coefficient (Wildman–Crippen LogP) is 2.73. The van der Waals surface area contributed by atoms with Gasteiger partial charge >= 0.3 is 6.09 Å². The first-order valence-electron chi connectivity index (χ1n) is 6.34. The van der Waals surface area contributed by atoms with Crippen molar-refractivity contribution in [2.24, 2.45) is 0 Å². The Morgan fingerprint density at radius 3 is 2.78 bits per heavy atom. The number of amides is 1. The molecule has 0 saturated heterocycles. The molecule has 0 N–H and O–H groups in total. The van der Waals surface area contributed by atoms with Crippen LogP contribution in [0, 0.1) is 6.92 Å². The van der Waals surface area contributed by atoms with E-state index in [1.54, 1.807) is 11.1 Å². The molecule has 1 atom stereocenters. The molecule has 0 aromatic carbocycles. The van der Waals surface area contributed by atoms with Crippen molar-refractivity contribution in [1.29, 1.82) is 0 Å². The standard InChI is InChI=1S/C13H21N3O2/c1-9-8-14-15-7-6-10(2)16(11(9)15)12(17)18-13(3,4)5/h8,10H,6-7H2,1-5H3. The number of rotatable bonds is 0. The molecule has 5 nitrogen and oxygen atoms in total. The van der Waals surface area contributed by atoms with Gasteiger partial charge in [0.05, 0.1) is 6.20 Å². The highest BCUT2D eigenvalue weighted by Gasteiger charge is 2.33. The van der Waals surface area contributed by atoms with Gasteiger partial charge in [0.1, 0.15) is 11.4 Å². The first kappa shape index (κ1) is 12.9. The maximum Gasteiger partial charge on any atom is 0.416 e. The maximum absolute atomic E-state index is 12.3. The Morgan fingerprint density at radius 1 is 1.50 bits per heavy atom. The number of ether oxygens (including phenoxy) is 1. The van der Waals surface area contributed by atoms with E-state index in [1.807, 2.05) is 39.3 Å². The summed E-state index contributed by atoms with van der Waals surface area (Å²) in [6, 6.07) is 0.141. The fraction of sp³-hybridized carbons (Fsp3) is 0.692. The summed E-state index contributed by atoms with van der Waals surface area (Å²) in [4.78, 5) is 14.0. The highest BCUT2D eigenvalue weighted by Crippen LogP contribution is 2.29. The van der Waals surface area contributed by atoms with Gasteiger partial charge in [-0.05, 0) is 41.0 Å². The van der Waals surface area contributed by atoms with Crippen molar-refractivity contribution in [2.75, 3.05) is 4.90 Å². The van der Waals surface area contributed by atoms with Gasteiger partial charge < -0.3 is 4.74 Å². The van der Waals surface area contributed by atoms with Crippen molar-refractivity contribution in [3.05, 3.63) is 11.8 Å². The van der Waals surface area contributed by atoms with Gasteiger partial charge in [-0.2, -0.15) is 5.10 Å². The van der Waals surface area contributed by atoms with Crippen LogP contribution in [-0.4, -0.2) is 27.5 Å². The van der Waals surface area contributed by atoms with Crippen molar-refractivity contribution >= 4 is 11.9 Å². The van der Waals surface area contributed by atoms with Crippen LogP contribution in [0.4, 0.5) is 10.6 Å². The molecule has 2 heterocycles. The highest BCUT2D eigenvalue weighted by molar-refractivity contribution is 5.88. The number of hydrogen-bond acceptors (Lipinski definition) is 3. The van der Waals surface area contributed by atoms with Gasteiger partial charge in [0.15, 0.2) is 0 Å². The topological polar surface area (TPSA) is 47.4 Å². The van der Waals surface area contributed by atoms with Crippen LogP contribution in [0.5, 0.6) is 0 Å². The lowest BCUT2D eigenvalue weighted by Crippen LogP contribution is -2.46. The summed E-state index contributed by atoms with van der Waals surface area (Å²) in [5.74, 6) is 0.864. The molecule has 0 bridgehead atoms. The van der Waals surface area contributed by atoms with Crippen LogP contribution in [0.15, 0.2) is 6.20 Å². The second kappa shape index (κ2) is 4.30. The molecule has 1 aromatic rings. The molecular formula is C13H21N3O2. The fourth-order valence-electron chi connectivity index (χ4n) is 2.17. The predicted molar refractivity (Wildman–Crippen MR) is 69.8 cm³/mol. The second-order valence-corrected chi connectivity index (χ2v) is 5.86. The Balaban J connectivity index is 2.32. The molecule has 0 fully saturated rings. The number of nitrogens with zero attached hydrogens (tertiary/aromatic N) is 3. The van der Waals surface area contributed by atoms with Crippen LogP contribution < -0.4 is 4.90 Å². The summed E-state index contributed by atoms with van der Waals surface area (Å²) in [6.07, 6.45) is 2.40. The third-order valence-corrected chi connectivity index (χ3v) is 3.01. The van der Waals surface area contributed by atoms with Gasteiger partial charge in [-0.15, -0.1) is 0 Å². The van der Waals surface area contributed by atoms with Gasteiger partial charge in [-0.3, -0.25) is 4.90 Å². The SMILES string of the molecule is Cc1cnn2c1N(C(=O)OC(C)(C)C)C(C)CC2. The third kappa shape index (κ3) is 2.35. The molecular weight excluding hydrogens is 230 g/mol. The summed E-state index contributed by atoms with van der Waals surface area (Å²) in [6.45, 7) is 10.5. The van der Waals surface area contributed by atoms with Crippen LogP contribution >= 0.6 is 0 Å². The average molecular weight is 251 g/mol. The number of carbonyl (C=O) groups is 1. The maximum atomic E-state index is 12.3. The molecule has 2 rings (SSSR count). The van der Waals surface area contributed by atoms with Gasteiger partial charge in [-0.1, -0.05) is 0 Å². The minimum absolute atomic E-state index is 0.141. The van der Waals surface area contributed by atoms with E-state index < -0.39 is 5.60 Å². The van der Waals surface area contributed by atoms with Crippen molar-refractivity contribution in [3.8, 4) is 0 Å². The first-order chi connectivity index (χ1) is 8.29. The summed E-state index contributed by atoms with van der Waals surface area (Å²) in [7, 11) is 0. The molecule has 18 heavy (non-hydrogen) atoms. The van der Waals surface area contributed by atoms with E-state index in [1.165, 1.54) is 0 Å². The molecule has 0 radical (unpaired) electrons. The van der Waals surface area contributed by atoms with Crippen LogP contribution in [0.25, 0.3) is 0 Å². The molecule has 5 heteroatoms. The summed E-state index contributed by atoms with van der Waals surface area (Å²) in [5, 5.41) is 4.29. The van der Waals surface area contributed by atoms with E-state index in [9.17, 15) is 4.79 Å². The summed E-state index contributed by atoms with van der Waals surface area (Å²) < 4.78 is 7.35. The number of aromatic nitrogens is 2. The normalized spacial score (nSPS) is 19.6.